The Morgan fingerprint density at radius 1 is 0.446 bits per heavy atom. The van der Waals surface area contributed by atoms with Crippen LogP contribution in [0.1, 0.15) is 159 Å². The van der Waals surface area contributed by atoms with E-state index in [0.29, 0.717) is 56.1 Å². The molecule has 1 aromatic carbocycles. The van der Waals surface area contributed by atoms with Gasteiger partial charge in [0, 0.05) is 58.2 Å². The number of aliphatic carboxylic acids is 1. The van der Waals surface area contributed by atoms with Gasteiger partial charge in [-0.15, -0.1) is 0 Å². The van der Waals surface area contributed by atoms with Crippen molar-refractivity contribution in [2.75, 3.05) is 59.0 Å². The minimum atomic E-state index is -1.66. The summed E-state index contributed by atoms with van der Waals surface area (Å²) >= 11 is 0. The molecule has 42 heteroatoms. The number of benzene rings is 1. The number of fused-ring (bicyclic) bond motifs is 2. The number of primary amides is 1. The normalized spacial score (nSPS) is 19.1. The lowest BCUT2D eigenvalue weighted by Crippen LogP contribution is -2.63. The molecular weight excluding hydrogens is 1460 g/mol. The summed E-state index contributed by atoms with van der Waals surface area (Å²) in [4.78, 5) is 206. The predicted molar refractivity (Wildman–Crippen MR) is 413 cm³/mol. The maximum atomic E-state index is 16.0. The molecule has 0 spiro atoms. The lowest BCUT2D eigenvalue weighted by atomic mass is 9.84. The highest BCUT2D eigenvalue weighted by atomic mass is 16.4. The first kappa shape index (κ1) is 91.9. The van der Waals surface area contributed by atoms with Gasteiger partial charge >= 0.3 is 5.97 Å². The van der Waals surface area contributed by atoms with Crippen molar-refractivity contribution in [2.24, 2.45) is 94.7 Å². The third kappa shape index (κ3) is 29.5. The fourth-order valence-electron chi connectivity index (χ4n) is 14.3. The molecule has 0 radical (unpaired) electrons. The Bertz CT molecular complexity index is 3490. The van der Waals surface area contributed by atoms with E-state index in [4.69, 9.17) is 68.8 Å². The molecule has 42 nitrogen and oxygen atoms in total. The van der Waals surface area contributed by atoms with Crippen LogP contribution in [0.5, 0.6) is 0 Å². The van der Waals surface area contributed by atoms with Gasteiger partial charge in [-0.25, -0.2) is 4.79 Å². The van der Waals surface area contributed by atoms with Gasteiger partial charge in [0.05, 0.1) is 13.2 Å². The van der Waals surface area contributed by atoms with E-state index in [2.05, 4.69) is 62.5 Å². The molecule has 13 atom stereocenters. The van der Waals surface area contributed by atoms with Gasteiger partial charge in [0.25, 0.3) is 0 Å². The number of amides is 12. The Morgan fingerprint density at radius 2 is 0.857 bits per heavy atom. The number of carbonyl (C=O) groups excluding carboxylic acids is 12. The number of hydrogen-bond donors (Lipinski definition) is 22. The molecule has 1 saturated carbocycles. The standard InChI is InChI=1S/C70H119N27O15/c71-27-7-5-17-43(88-56(101)42(87-55(100)36-73)19-9-29-83-67(75)76)57(102)89-44(18-6-8-28-72)58(103)90-45(20-10-30-84-68(77)78)59(104)91-46(21-11-31-85-69(79)80)60(105)92-48(25-26-54(74)99)64(109)96-37-41-16-2-1-14-39(41)34-53(96)65(110)97-50-23-4-3-15-40(50)35-52(97)62(107)93-47(22-12-32-86-70(81)82)63(108)95-33-13-24-51(95)61(106)94-49(38-98)66(111)112/h1-2,14,16,40,42-53,98H,3-13,15,17-38,71-73H2,(H2,74,99)(H,87,100)(H,88,101)(H,89,102)(H,90,103)(H,91,104)(H,92,105)(H,93,107)(H,94,106)(H,111,112)(H4,75,76,83)(H4,77,78,84)(H4,79,80,85)(H4,81,82,86)/t40?,42?,43?,44?,45?,46?,47?,48?,49?,50?,51?,52?,53-/m0/s1. The first-order chi connectivity index (χ1) is 53.4. The van der Waals surface area contributed by atoms with Crippen LogP contribution in [0.4, 0.5) is 0 Å². The number of guanidine groups is 4. The van der Waals surface area contributed by atoms with E-state index in [1.165, 1.54) is 14.7 Å². The highest BCUT2D eigenvalue weighted by Gasteiger charge is 2.52. The van der Waals surface area contributed by atoms with E-state index < -0.39 is 175 Å². The van der Waals surface area contributed by atoms with Gasteiger partial charge in [0.15, 0.2) is 23.8 Å². The van der Waals surface area contributed by atoms with Crippen LogP contribution in [0.15, 0.2) is 44.2 Å². The molecule has 12 unspecified atom stereocenters. The number of likely N-dealkylation sites (tertiary alicyclic amines) is 2. The number of rotatable bonds is 48. The minimum Gasteiger partial charge on any atom is -0.480 e. The van der Waals surface area contributed by atoms with Gasteiger partial charge in [-0.2, -0.15) is 0 Å². The summed E-state index contributed by atoms with van der Waals surface area (Å²) in [5, 5.41) is 40.6. The van der Waals surface area contributed by atoms with Crippen molar-refractivity contribution in [1.29, 1.82) is 0 Å². The van der Waals surface area contributed by atoms with Crippen LogP contribution in [-0.4, -0.2) is 257 Å². The van der Waals surface area contributed by atoms with Gasteiger partial charge in [-0.1, -0.05) is 37.1 Å². The number of carbonyl (C=O) groups is 13. The maximum Gasteiger partial charge on any atom is 0.328 e. The summed E-state index contributed by atoms with van der Waals surface area (Å²) < 4.78 is 0. The summed E-state index contributed by atoms with van der Waals surface area (Å²) in [6.45, 7) is -1.10. The summed E-state index contributed by atoms with van der Waals surface area (Å²) in [6, 6.07) is -8.89. The molecule has 12 amide bonds. The maximum absolute atomic E-state index is 16.0. The van der Waals surface area contributed by atoms with E-state index in [1.54, 1.807) is 24.3 Å². The molecule has 34 N–H and O–H groups in total. The average molecular weight is 1580 g/mol. The number of hydrogen-bond acceptors (Lipinski definition) is 21. The first-order valence-corrected chi connectivity index (χ1v) is 38.3. The lowest BCUT2D eigenvalue weighted by molar-refractivity contribution is -0.153. The number of nitrogens with one attached hydrogen (secondary N) is 8. The Balaban J connectivity index is 1.51. The van der Waals surface area contributed by atoms with Gasteiger partial charge in [-0.3, -0.25) is 77.5 Å². The van der Waals surface area contributed by atoms with Crippen LogP contribution in [0.3, 0.4) is 0 Å². The van der Waals surface area contributed by atoms with Crippen LogP contribution in [0.2, 0.25) is 0 Å². The van der Waals surface area contributed by atoms with Crippen LogP contribution >= 0.6 is 0 Å². The molecule has 1 aromatic rings. The largest absolute Gasteiger partial charge is 0.480 e. The molecule has 2 saturated heterocycles. The number of aliphatic imine (C=N–C) groups is 4. The number of unbranched alkanes of at least 4 members (excludes halogenated alkanes) is 2. The number of aliphatic hydroxyl groups is 1. The number of carboxylic acids is 1. The van der Waals surface area contributed by atoms with Crippen LogP contribution in [-0.2, 0) is 75.3 Å². The van der Waals surface area contributed by atoms with Gasteiger partial charge in [0.1, 0.15) is 66.5 Å². The van der Waals surface area contributed by atoms with E-state index in [0.717, 1.165) is 6.42 Å². The van der Waals surface area contributed by atoms with Gasteiger partial charge in [-0.05, 0) is 159 Å². The topological polar surface area (TPSA) is 730 Å². The van der Waals surface area contributed by atoms with E-state index in [9.17, 15) is 48.6 Å². The number of aliphatic hydroxyl groups excluding tert-OH is 1. The molecule has 3 heterocycles. The fraction of sp³-hybridized carbons (Fsp3) is 0.671. The summed E-state index contributed by atoms with van der Waals surface area (Å²) in [5.41, 5.74) is 69.2. The van der Waals surface area contributed by atoms with Gasteiger partial charge < -0.3 is 136 Å². The molecule has 4 aliphatic rings. The lowest BCUT2D eigenvalue weighted by Gasteiger charge is -2.42. The molecular formula is C70H119N27O15. The van der Waals surface area contributed by atoms with E-state index >= 15 is 24.0 Å². The fourth-order valence-corrected chi connectivity index (χ4v) is 14.3. The van der Waals surface area contributed by atoms with Crippen molar-refractivity contribution in [2.45, 2.75) is 233 Å². The van der Waals surface area contributed by atoms with Gasteiger partial charge in [0.2, 0.25) is 70.9 Å². The first-order valence-electron chi connectivity index (χ1n) is 38.3. The van der Waals surface area contributed by atoms with Crippen molar-refractivity contribution < 1.29 is 72.5 Å². The van der Waals surface area contributed by atoms with Crippen molar-refractivity contribution in [3.63, 3.8) is 0 Å². The van der Waals surface area contributed by atoms with Crippen molar-refractivity contribution in [1.82, 2.24) is 57.2 Å². The van der Waals surface area contributed by atoms with E-state index in [1.807, 2.05) is 0 Å². The highest BCUT2D eigenvalue weighted by Crippen LogP contribution is 2.42. The Kier molecular flexibility index (Phi) is 38.9. The Labute approximate surface area is 650 Å². The van der Waals surface area contributed by atoms with Crippen LogP contribution < -0.4 is 111 Å². The zero-order chi connectivity index (χ0) is 82.6. The van der Waals surface area contributed by atoms with Crippen LogP contribution in [0.25, 0.3) is 0 Å². The molecule has 112 heavy (non-hydrogen) atoms. The molecule has 624 valence electrons. The molecule has 3 fully saturated rings. The monoisotopic (exact) mass is 1580 g/mol. The number of nitrogens with two attached hydrogens (primary N) is 12. The van der Waals surface area contributed by atoms with Crippen molar-refractivity contribution >= 4 is 101 Å². The van der Waals surface area contributed by atoms with E-state index in [-0.39, 0.29) is 172 Å². The zero-order valence-electron chi connectivity index (χ0n) is 63.6. The third-order valence-corrected chi connectivity index (χ3v) is 20.1. The summed E-state index contributed by atoms with van der Waals surface area (Å²) in [7, 11) is 0. The van der Waals surface area contributed by atoms with Crippen LogP contribution in [0, 0.1) is 5.92 Å². The molecule has 5 rings (SSSR count). The summed E-state index contributed by atoms with van der Waals surface area (Å²) in [6.07, 6.45) is 3.61. The molecule has 1 aliphatic carbocycles. The Hall–Kier alpha value is -10.7. The molecule has 0 aromatic heterocycles. The quantitative estimate of drug-likeness (QED) is 0.0164. The number of nitrogens with zero attached hydrogens (tertiary/aromatic N) is 7. The SMILES string of the molecule is NCCCCC(NC(=O)C(CCCN=C(N)N)NC(=O)CN)C(=O)NC(CCCCN)C(=O)NC(CCCN=C(N)N)C(=O)NC(CCCN=C(N)N)C(=O)NC(CCC(N)=O)C(=O)N1Cc2ccccc2C[C@H]1C(=O)N1C(C(=O)NC(CCCN=C(N)N)C(=O)N2CCCC2C(=O)NC(CO)C(=O)O)CC2CCCCC21. The smallest absolute Gasteiger partial charge is 0.328 e. The second-order valence-electron chi connectivity index (χ2n) is 28.4. The predicted octanol–water partition coefficient (Wildman–Crippen LogP) is -8.26. The minimum absolute atomic E-state index is 0.0173. The number of carboxylic acid groups (broad SMARTS) is 1. The third-order valence-electron chi connectivity index (χ3n) is 20.1. The second-order valence-corrected chi connectivity index (χ2v) is 28.4. The average Bonchev–Trinajstić information content (AvgIpc) is 1.55. The molecule has 3 aliphatic heterocycles. The second kappa shape index (κ2) is 47.5. The van der Waals surface area contributed by atoms with Crippen molar-refractivity contribution in [3.05, 3.63) is 35.4 Å². The highest BCUT2D eigenvalue weighted by molar-refractivity contribution is 6.00. The zero-order valence-corrected chi connectivity index (χ0v) is 63.6. The Morgan fingerprint density at radius 3 is 1.30 bits per heavy atom. The summed E-state index contributed by atoms with van der Waals surface area (Å²) in [5.74, 6) is -12.4. The molecule has 0 bridgehead atoms. The van der Waals surface area contributed by atoms with Crippen molar-refractivity contribution in [3.8, 4) is 0 Å².